The lowest BCUT2D eigenvalue weighted by Crippen LogP contribution is -2.38. The molecular weight excluding hydrogens is 400 g/mol. The lowest BCUT2D eigenvalue weighted by molar-refractivity contribution is 0.102. The van der Waals surface area contributed by atoms with Gasteiger partial charge in [0.2, 0.25) is 5.95 Å². The second-order valence-corrected chi connectivity index (χ2v) is 8.78. The lowest BCUT2D eigenvalue weighted by atomic mass is 9.79. The number of fused-ring (bicyclic) bond motifs is 1. The van der Waals surface area contributed by atoms with E-state index in [-0.39, 0.29) is 17.4 Å². The van der Waals surface area contributed by atoms with Crippen molar-refractivity contribution in [3.63, 3.8) is 0 Å². The van der Waals surface area contributed by atoms with Gasteiger partial charge in [-0.2, -0.15) is 0 Å². The quantitative estimate of drug-likeness (QED) is 0.466. The summed E-state index contributed by atoms with van der Waals surface area (Å²) in [5.74, 6) is 0.411. The maximum absolute atomic E-state index is 13.1. The van der Waals surface area contributed by atoms with E-state index in [4.69, 9.17) is 0 Å². The SMILES string of the molecule is CNc1nccc([C@@H](C)Nc2ccccc2C(=O)Nc2ccc3c(c2)CNCC3(C)C)n1. The van der Waals surface area contributed by atoms with E-state index in [2.05, 4.69) is 57.2 Å². The number of nitrogens with zero attached hydrogens (tertiary/aromatic N) is 2. The van der Waals surface area contributed by atoms with Crippen LogP contribution in [0.25, 0.3) is 0 Å². The molecule has 7 nitrogen and oxygen atoms in total. The number of aromatic nitrogens is 2. The van der Waals surface area contributed by atoms with Crippen molar-refractivity contribution in [3.8, 4) is 0 Å². The minimum Gasteiger partial charge on any atom is -0.376 e. The molecule has 4 rings (SSSR count). The van der Waals surface area contributed by atoms with Gasteiger partial charge in [-0.25, -0.2) is 9.97 Å². The van der Waals surface area contributed by atoms with Gasteiger partial charge < -0.3 is 21.3 Å². The Bertz CT molecular complexity index is 1130. The normalized spacial score (nSPS) is 15.4. The number of hydrogen-bond acceptors (Lipinski definition) is 6. The number of amides is 1. The van der Waals surface area contributed by atoms with Crippen molar-refractivity contribution in [2.24, 2.45) is 0 Å². The number of hydrogen-bond donors (Lipinski definition) is 4. The van der Waals surface area contributed by atoms with Crippen LogP contribution in [-0.4, -0.2) is 29.5 Å². The monoisotopic (exact) mass is 430 g/mol. The maximum Gasteiger partial charge on any atom is 0.257 e. The number of rotatable bonds is 6. The maximum atomic E-state index is 13.1. The molecule has 2 aromatic carbocycles. The van der Waals surface area contributed by atoms with Crippen LogP contribution in [0.1, 0.15) is 54.0 Å². The number of anilines is 3. The first-order valence-electron chi connectivity index (χ1n) is 10.9. The zero-order valence-corrected chi connectivity index (χ0v) is 19.0. The highest BCUT2D eigenvalue weighted by Crippen LogP contribution is 2.31. The number of carbonyl (C=O) groups is 1. The van der Waals surface area contributed by atoms with Gasteiger partial charge in [-0.15, -0.1) is 0 Å². The molecule has 0 fully saturated rings. The van der Waals surface area contributed by atoms with Gasteiger partial charge in [0.25, 0.3) is 5.91 Å². The van der Waals surface area contributed by atoms with Gasteiger partial charge in [0.15, 0.2) is 0 Å². The van der Waals surface area contributed by atoms with Crippen molar-refractivity contribution in [3.05, 3.63) is 77.1 Å². The minimum atomic E-state index is -0.151. The Morgan fingerprint density at radius 1 is 1.16 bits per heavy atom. The number of nitrogens with one attached hydrogen (secondary N) is 4. The highest BCUT2D eigenvalue weighted by Gasteiger charge is 2.27. The van der Waals surface area contributed by atoms with Crippen LogP contribution < -0.4 is 21.3 Å². The highest BCUT2D eigenvalue weighted by molar-refractivity contribution is 6.08. The van der Waals surface area contributed by atoms with Gasteiger partial charge in [0.1, 0.15) is 0 Å². The van der Waals surface area contributed by atoms with Crippen LogP contribution in [0, 0.1) is 0 Å². The smallest absolute Gasteiger partial charge is 0.257 e. The molecule has 1 aliphatic heterocycles. The Balaban J connectivity index is 1.53. The van der Waals surface area contributed by atoms with Crippen LogP contribution in [0.5, 0.6) is 0 Å². The summed E-state index contributed by atoms with van der Waals surface area (Å²) in [6.07, 6.45) is 1.72. The molecule has 1 aromatic heterocycles. The molecule has 4 N–H and O–H groups in total. The summed E-state index contributed by atoms with van der Waals surface area (Å²) < 4.78 is 0. The number of carbonyl (C=O) groups excluding carboxylic acids is 1. The zero-order valence-electron chi connectivity index (χ0n) is 19.0. The number of para-hydroxylation sites is 1. The molecule has 32 heavy (non-hydrogen) atoms. The van der Waals surface area contributed by atoms with E-state index < -0.39 is 0 Å². The molecule has 1 atom stereocenters. The third-order valence-corrected chi connectivity index (χ3v) is 5.86. The van der Waals surface area contributed by atoms with E-state index in [0.717, 1.165) is 30.2 Å². The topological polar surface area (TPSA) is 91.0 Å². The Labute approximate surface area is 189 Å². The van der Waals surface area contributed by atoms with E-state index in [1.807, 2.05) is 43.3 Å². The Morgan fingerprint density at radius 3 is 2.78 bits per heavy atom. The fourth-order valence-corrected chi connectivity index (χ4v) is 4.13. The fraction of sp³-hybridized carbons (Fsp3) is 0.320. The molecule has 0 unspecified atom stereocenters. The molecule has 7 heteroatoms. The van der Waals surface area contributed by atoms with E-state index in [9.17, 15) is 4.79 Å². The minimum absolute atomic E-state index is 0.0803. The number of benzene rings is 2. The van der Waals surface area contributed by atoms with Gasteiger partial charge >= 0.3 is 0 Å². The molecular formula is C25H30N6O. The third kappa shape index (κ3) is 4.57. The van der Waals surface area contributed by atoms with E-state index in [0.29, 0.717) is 11.5 Å². The molecule has 1 aliphatic rings. The lowest BCUT2D eigenvalue weighted by Gasteiger charge is -2.33. The average molecular weight is 431 g/mol. The summed E-state index contributed by atoms with van der Waals surface area (Å²) in [5, 5.41) is 12.9. The second-order valence-electron chi connectivity index (χ2n) is 8.78. The average Bonchev–Trinajstić information content (AvgIpc) is 2.79. The van der Waals surface area contributed by atoms with E-state index >= 15 is 0 Å². The van der Waals surface area contributed by atoms with Crippen LogP contribution in [-0.2, 0) is 12.0 Å². The molecule has 166 valence electrons. The summed E-state index contributed by atoms with van der Waals surface area (Å²) in [7, 11) is 1.79. The predicted molar refractivity (Wildman–Crippen MR) is 129 cm³/mol. The molecule has 3 aromatic rings. The molecule has 0 saturated carbocycles. The van der Waals surface area contributed by atoms with Crippen LogP contribution in [0.15, 0.2) is 54.7 Å². The van der Waals surface area contributed by atoms with Crippen molar-refractivity contribution in [1.82, 2.24) is 15.3 Å². The Morgan fingerprint density at radius 2 is 1.97 bits per heavy atom. The van der Waals surface area contributed by atoms with Gasteiger partial charge in [-0.1, -0.05) is 32.0 Å². The van der Waals surface area contributed by atoms with Crippen LogP contribution in [0.2, 0.25) is 0 Å². The Hall–Kier alpha value is -3.45. The zero-order chi connectivity index (χ0) is 22.7. The van der Waals surface area contributed by atoms with Crippen molar-refractivity contribution in [2.75, 3.05) is 29.5 Å². The molecule has 0 bridgehead atoms. The first kappa shape index (κ1) is 21.8. The van der Waals surface area contributed by atoms with Crippen LogP contribution in [0.3, 0.4) is 0 Å². The second kappa shape index (κ2) is 8.96. The van der Waals surface area contributed by atoms with Gasteiger partial charge in [-0.05, 0) is 48.4 Å². The standard InChI is InChI=1S/C25H30N6O/c1-16(21-11-12-28-24(26-4)31-21)29-22-8-6-5-7-19(22)23(32)30-18-9-10-20-17(13-18)14-27-15-25(20,2)3/h5-13,16,27,29H,14-15H2,1-4H3,(H,30,32)(H,26,28,31)/t16-/m1/s1. The summed E-state index contributed by atoms with van der Waals surface area (Å²) in [4.78, 5) is 21.8. The summed E-state index contributed by atoms with van der Waals surface area (Å²) >= 11 is 0. The van der Waals surface area contributed by atoms with Gasteiger partial charge in [0.05, 0.1) is 17.3 Å². The molecule has 2 heterocycles. The molecule has 0 radical (unpaired) electrons. The molecule has 0 spiro atoms. The van der Waals surface area contributed by atoms with Crippen molar-refractivity contribution in [2.45, 2.75) is 38.8 Å². The first-order chi connectivity index (χ1) is 15.4. The summed E-state index contributed by atoms with van der Waals surface area (Å²) in [6, 6.07) is 15.5. The molecule has 0 saturated heterocycles. The molecule has 1 amide bonds. The van der Waals surface area contributed by atoms with E-state index in [1.54, 1.807) is 13.2 Å². The predicted octanol–water partition coefficient (Wildman–Crippen LogP) is 4.32. The van der Waals surface area contributed by atoms with Gasteiger partial charge in [0, 0.05) is 43.1 Å². The molecule has 0 aliphatic carbocycles. The van der Waals surface area contributed by atoms with Crippen molar-refractivity contribution < 1.29 is 4.79 Å². The summed E-state index contributed by atoms with van der Waals surface area (Å²) in [6.45, 7) is 8.23. The van der Waals surface area contributed by atoms with Crippen molar-refractivity contribution >= 4 is 23.2 Å². The highest BCUT2D eigenvalue weighted by atomic mass is 16.1. The largest absolute Gasteiger partial charge is 0.376 e. The van der Waals surface area contributed by atoms with Gasteiger partial charge in [-0.3, -0.25) is 4.79 Å². The first-order valence-corrected chi connectivity index (χ1v) is 10.9. The van der Waals surface area contributed by atoms with E-state index in [1.165, 1.54) is 11.1 Å². The van der Waals surface area contributed by atoms with Crippen molar-refractivity contribution in [1.29, 1.82) is 0 Å². The van der Waals surface area contributed by atoms with Crippen LogP contribution in [0.4, 0.5) is 17.3 Å². The third-order valence-electron chi connectivity index (χ3n) is 5.86. The summed E-state index contributed by atoms with van der Waals surface area (Å²) in [5.41, 5.74) is 5.60. The van der Waals surface area contributed by atoms with Crippen LogP contribution >= 0.6 is 0 Å². The Kier molecular flexibility index (Phi) is 6.10. The fourth-order valence-electron chi connectivity index (χ4n) is 4.13.